The predicted molar refractivity (Wildman–Crippen MR) is 93.6 cm³/mol. The summed E-state index contributed by atoms with van der Waals surface area (Å²) in [6.45, 7) is 2.22. The van der Waals surface area contributed by atoms with Crippen LogP contribution >= 0.6 is 15.9 Å². The van der Waals surface area contributed by atoms with E-state index in [9.17, 15) is 9.18 Å². The topological polar surface area (TPSA) is 46.9 Å². The van der Waals surface area contributed by atoms with Crippen LogP contribution in [0.2, 0.25) is 0 Å². The molecule has 0 spiro atoms. The molecule has 4 nitrogen and oxygen atoms in total. The van der Waals surface area contributed by atoms with Crippen molar-refractivity contribution in [3.63, 3.8) is 0 Å². The molecule has 2 aromatic carbocycles. The number of benzene rings is 2. The van der Waals surface area contributed by atoms with Crippen molar-refractivity contribution in [3.05, 3.63) is 81.8 Å². The van der Waals surface area contributed by atoms with E-state index in [-0.39, 0.29) is 18.3 Å². The summed E-state index contributed by atoms with van der Waals surface area (Å²) in [5, 5.41) is 7.02. The van der Waals surface area contributed by atoms with Crippen LogP contribution in [0.25, 0.3) is 5.69 Å². The molecule has 1 heterocycles. The van der Waals surface area contributed by atoms with Gasteiger partial charge in [-0.15, -0.1) is 0 Å². The maximum atomic E-state index is 13.3. The Labute approximate surface area is 147 Å². The first-order valence-corrected chi connectivity index (χ1v) is 8.16. The Morgan fingerprint density at radius 1 is 1.25 bits per heavy atom. The van der Waals surface area contributed by atoms with Crippen LogP contribution in [0.1, 0.15) is 21.5 Å². The van der Waals surface area contributed by atoms with Crippen molar-refractivity contribution in [1.29, 1.82) is 0 Å². The second kappa shape index (κ2) is 6.97. The minimum Gasteiger partial charge on any atom is -0.348 e. The summed E-state index contributed by atoms with van der Waals surface area (Å²) in [4.78, 5) is 12.2. The highest BCUT2D eigenvalue weighted by atomic mass is 79.9. The van der Waals surface area contributed by atoms with Crippen molar-refractivity contribution in [2.45, 2.75) is 13.5 Å². The van der Waals surface area contributed by atoms with Gasteiger partial charge in [-0.3, -0.25) is 4.79 Å². The molecule has 3 aromatic rings. The highest BCUT2D eigenvalue weighted by Crippen LogP contribution is 2.18. The van der Waals surface area contributed by atoms with E-state index in [1.165, 1.54) is 12.1 Å². The van der Waals surface area contributed by atoms with Crippen molar-refractivity contribution in [1.82, 2.24) is 15.1 Å². The lowest BCUT2D eigenvalue weighted by Crippen LogP contribution is -2.23. The first-order chi connectivity index (χ1) is 11.5. The van der Waals surface area contributed by atoms with E-state index in [1.54, 1.807) is 29.1 Å². The number of carbonyl (C=O) groups excluding carboxylic acids is 1. The van der Waals surface area contributed by atoms with E-state index in [2.05, 4.69) is 26.3 Å². The number of hydrogen-bond donors (Lipinski definition) is 1. The highest BCUT2D eigenvalue weighted by Gasteiger charge is 2.08. The lowest BCUT2D eigenvalue weighted by atomic mass is 10.1. The Morgan fingerprint density at radius 3 is 2.67 bits per heavy atom. The summed E-state index contributed by atoms with van der Waals surface area (Å²) in [7, 11) is 0. The van der Waals surface area contributed by atoms with Crippen LogP contribution in [0.4, 0.5) is 4.39 Å². The average molecular weight is 388 g/mol. The number of aromatic nitrogens is 2. The van der Waals surface area contributed by atoms with Gasteiger partial charge >= 0.3 is 0 Å². The SMILES string of the molecule is Cc1cnn(-c2ccc(C(=O)NCc3cc(F)ccc3Br)cc2)c1. The molecule has 0 unspecified atom stereocenters. The van der Waals surface area contributed by atoms with Gasteiger partial charge in [0, 0.05) is 22.8 Å². The van der Waals surface area contributed by atoms with Crippen molar-refractivity contribution in [3.8, 4) is 5.69 Å². The molecule has 0 saturated carbocycles. The number of nitrogens with one attached hydrogen (secondary N) is 1. The fourth-order valence-electron chi connectivity index (χ4n) is 2.28. The van der Waals surface area contributed by atoms with Gasteiger partial charge in [-0.2, -0.15) is 5.10 Å². The van der Waals surface area contributed by atoms with E-state index < -0.39 is 0 Å². The summed E-state index contributed by atoms with van der Waals surface area (Å²) >= 11 is 3.35. The zero-order valence-corrected chi connectivity index (χ0v) is 14.5. The van der Waals surface area contributed by atoms with Gasteiger partial charge in [-0.25, -0.2) is 9.07 Å². The number of carbonyl (C=O) groups is 1. The van der Waals surface area contributed by atoms with Crippen LogP contribution in [0.5, 0.6) is 0 Å². The lowest BCUT2D eigenvalue weighted by Gasteiger charge is -2.08. The number of aryl methyl sites for hydroxylation is 1. The standard InChI is InChI=1S/C18H15BrFN3O/c1-12-9-22-23(11-12)16-5-2-13(3-6-16)18(24)21-10-14-8-15(20)4-7-17(14)19/h2-9,11H,10H2,1H3,(H,21,24). The zero-order valence-electron chi connectivity index (χ0n) is 13.0. The number of nitrogens with zero attached hydrogens (tertiary/aromatic N) is 2. The molecular formula is C18H15BrFN3O. The maximum absolute atomic E-state index is 13.3. The second-order valence-electron chi connectivity index (χ2n) is 5.43. The third-order valence-corrected chi connectivity index (χ3v) is 4.33. The minimum absolute atomic E-state index is 0.214. The molecule has 122 valence electrons. The van der Waals surface area contributed by atoms with E-state index >= 15 is 0 Å². The number of halogens is 2. The summed E-state index contributed by atoms with van der Waals surface area (Å²) < 4.78 is 15.8. The molecule has 6 heteroatoms. The van der Waals surface area contributed by atoms with Crippen molar-refractivity contribution in [2.75, 3.05) is 0 Å². The molecule has 1 N–H and O–H groups in total. The van der Waals surface area contributed by atoms with Crippen LogP contribution < -0.4 is 5.32 Å². The molecule has 0 radical (unpaired) electrons. The predicted octanol–water partition coefficient (Wildman–Crippen LogP) is 4.01. The summed E-state index contributed by atoms with van der Waals surface area (Å²) in [5.41, 5.74) is 3.17. The molecule has 0 bridgehead atoms. The Bertz CT molecular complexity index is 874. The quantitative estimate of drug-likeness (QED) is 0.734. The van der Waals surface area contributed by atoms with Crippen LogP contribution in [0.3, 0.4) is 0 Å². The van der Waals surface area contributed by atoms with E-state index in [0.29, 0.717) is 11.1 Å². The van der Waals surface area contributed by atoms with Gasteiger partial charge in [0.1, 0.15) is 5.82 Å². The minimum atomic E-state index is -0.332. The molecule has 3 rings (SSSR count). The van der Waals surface area contributed by atoms with Crippen LogP contribution in [-0.4, -0.2) is 15.7 Å². The largest absolute Gasteiger partial charge is 0.348 e. The monoisotopic (exact) mass is 387 g/mol. The first kappa shape index (κ1) is 16.4. The van der Waals surface area contributed by atoms with Gasteiger partial charge in [-0.05, 0) is 60.5 Å². The number of hydrogen-bond acceptors (Lipinski definition) is 2. The highest BCUT2D eigenvalue weighted by molar-refractivity contribution is 9.10. The van der Waals surface area contributed by atoms with Gasteiger partial charge in [-0.1, -0.05) is 15.9 Å². The van der Waals surface area contributed by atoms with Crippen molar-refractivity contribution < 1.29 is 9.18 Å². The molecule has 0 atom stereocenters. The summed E-state index contributed by atoms with van der Waals surface area (Å²) in [6, 6.07) is 11.5. The van der Waals surface area contributed by atoms with Gasteiger partial charge in [0.2, 0.25) is 0 Å². The zero-order chi connectivity index (χ0) is 17.1. The second-order valence-corrected chi connectivity index (χ2v) is 6.28. The number of rotatable bonds is 4. The van der Waals surface area contributed by atoms with Gasteiger partial charge in [0.25, 0.3) is 5.91 Å². The molecule has 1 amide bonds. The third-order valence-electron chi connectivity index (χ3n) is 3.55. The first-order valence-electron chi connectivity index (χ1n) is 7.37. The summed E-state index contributed by atoms with van der Waals surface area (Å²) in [6.07, 6.45) is 3.69. The molecule has 0 aliphatic carbocycles. The smallest absolute Gasteiger partial charge is 0.251 e. The Morgan fingerprint density at radius 2 is 2.00 bits per heavy atom. The summed E-state index contributed by atoms with van der Waals surface area (Å²) in [5.74, 6) is -0.546. The molecule has 1 aromatic heterocycles. The average Bonchev–Trinajstić information content (AvgIpc) is 3.02. The third kappa shape index (κ3) is 3.71. The fourth-order valence-corrected chi connectivity index (χ4v) is 2.66. The van der Waals surface area contributed by atoms with Gasteiger partial charge in [0.05, 0.1) is 11.9 Å². The van der Waals surface area contributed by atoms with E-state index in [0.717, 1.165) is 15.7 Å². The van der Waals surface area contributed by atoms with Crippen LogP contribution in [-0.2, 0) is 6.54 Å². The maximum Gasteiger partial charge on any atom is 0.251 e. The Hall–Kier alpha value is -2.47. The number of amides is 1. The lowest BCUT2D eigenvalue weighted by molar-refractivity contribution is 0.0951. The Balaban J connectivity index is 1.68. The molecule has 0 fully saturated rings. The normalized spacial score (nSPS) is 10.6. The Kier molecular flexibility index (Phi) is 4.76. The fraction of sp³-hybridized carbons (Fsp3) is 0.111. The van der Waals surface area contributed by atoms with Crippen LogP contribution in [0.15, 0.2) is 59.3 Å². The van der Waals surface area contributed by atoms with E-state index in [1.807, 2.05) is 25.3 Å². The van der Waals surface area contributed by atoms with Crippen molar-refractivity contribution in [2.24, 2.45) is 0 Å². The van der Waals surface area contributed by atoms with Crippen LogP contribution in [0, 0.1) is 12.7 Å². The molecule has 0 saturated heterocycles. The van der Waals surface area contributed by atoms with Crippen molar-refractivity contribution >= 4 is 21.8 Å². The van der Waals surface area contributed by atoms with E-state index in [4.69, 9.17) is 0 Å². The molecule has 0 aliphatic rings. The van der Waals surface area contributed by atoms with Gasteiger partial charge in [0.15, 0.2) is 0 Å². The molecular weight excluding hydrogens is 373 g/mol. The van der Waals surface area contributed by atoms with Gasteiger partial charge < -0.3 is 5.32 Å². The molecule has 0 aliphatic heterocycles. The molecule has 24 heavy (non-hydrogen) atoms.